The van der Waals surface area contributed by atoms with Crippen LogP contribution in [0.3, 0.4) is 0 Å². The Morgan fingerprint density at radius 3 is 1.45 bits per heavy atom. The Labute approximate surface area is 339 Å². The number of aromatic nitrogens is 8. The van der Waals surface area contributed by atoms with E-state index in [4.69, 9.17) is 57.6 Å². The van der Waals surface area contributed by atoms with Crippen LogP contribution in [0, 0.1) is 10.8 Å². The highest BCUT2D eigenvalue weighted by molar-refractivity contribution is 7.48. The molecule has 4 aromatic heterocycles. The van der Waals surface area contributed by atoms with Crippen LogP contribution in [0.25, 0.3) is 22.3 Å². The Bertz CT molecular complexity index is 2180. The van der Waals surface area contributed by atoms with E-state index in [2.05, 4.69) is 29.9 Å². The third-order valence-electron chi connectivity index (χ3n) is 9.18. The quantitative estimate of drug-likeness (QED) is 0.145. The standard InChI is InChI=1S/C32H42F2N10O14P2/c1-31(2,3)29(45)49-13-53-59(47)51-7-15-22(18(34)28(55-15)44-12-42-20-24(36)38-10-40-26(20)44)58-60(48,54-14-50-30(46)32(4,5)6)52-8-16-21(57-59)17(33)27(56-16)43-11-41-19-23(35)37-9-39-25(19)43/h9-12,15-18,21-22,27-28H,7-8,13-14H2,1-6H3,(H2,35,37,39)(H2,36,38,40)/t15-,16-,17-,18-,21-,22-,27-,28-,59+,60+/m1/s1. The molecule has 4 N–H and O–H groups in total. The number of nitrogen functional groups attached to an aromatic ring is 2. The van der Waals surface area contributed by atoms with E-state index in [-0.39, 0.29) is 34.0 Å². The van der Waals surface area contributed by atoms with Crippen molar-refractivity contribution in [3.8, 4) is 0 Å². The lowest BCUT2D eigenvalue weighted by Crippen LogP contribution is -2.38. The van der Waals surface area contributed by atoms with Crippen LogP contribution in [0.15, 0.2) is 25.3 Å². The molecule has 28 heteroatoms. The molecule has 24 nitrogen and oxygen atoms in total. The second kappa shape index (κ2) is 16.5. The summed E-state index contributed by atoms with van der Waals surface area (Å²) in [6, 6.07) is 0. The normalized spacial score (nSPS) is 31.6. The number of halogens is 2. The van der Waals surface area contributed by atoms with Crippen molar-refractivity contribution in [1.29, 1.82) is 0 Å². The van der Waals surface area contributed by atoms with Gasteiger partial charge in [-0.3, -0.25) is 36.8 Å². The Balaban J connectivity index is 1.24. The van der Waals surface area contributed by atoms with Crippen molar-refractivity contribution < 1.29 is 73.6 Å². The fourth-order valence-electron chi connectivity index (χ4n) is 6.01. The molecule has 0 bridgehead atoms. The van der Waals surface area contributed by atoms with Crippen LogP contribution < -0.4 is 11.5 Å². The molecule has 3 aliphatic rings. The molecule has 0 aromatic carbocycles. The summed E-state index contributed by atoms with van der Waals surface area (Å²) in [6.45, 7) is 5.41. The van der Waals surface area contributed by atoms with Crippen LogP contribution in [-0.2, 0) is 64.8 Å². The molecule has 0 saturated carbocycles. The van der Waals surface area contributed by atoms with Crippen molar-refractivity contribution in [3.63, 3.8) is 0 Å². The molecule has 3 saturated heterocycles. The number of hydrogen-bond acceptors (Lipinski definition) is 22. The Morgan fingerprint density at radius 2 is 1.08 bits per heavy atom. The Morgan fingerprint density at radius 1 is 0.700 bits per heavy atom. The van der Waals surface area contributed by atoms with Crippen LogP contribution in [0.2, 0.25) is 0 Å². The third kappa shape index (κ3) is 8.84. The zero-order valence-electron chi connectivity index (χ0n) is 32.9. The van der Waals surface area contributed by atoms with Crippen LogP contribution in [0.5, 0.6) is 0 Å². The summed E-state index contributed by atoms with van der Waals surface area (Å²) >= 11 is 0. The highest BCUT2D eigenvalue weighted by Gasteiger charge is 2.56. The van der Waals surface area contributed by atoms with E-state index in [1.54, 1.807) is 41.5 Å². The molecule has 3 fully saturated rings. The first kappa shape index (κ1) is 43.7. The number of phosphoric ester groups is 2. The fraction of sp³-hybridized carbons (Fsp3) is 0.625. The molecule has 0 spiro atoms. The van der Waals surface area contributed by atoms with E-state index in [0.29, 0.717) is 0 Å². The zero-order chi connectivity index (χ0) is 43.4. The van der Waals surface area contributed by atoms with Gasteiger partial charge in [-0.1, -0.05) is 0 Å². The minimum Gasteiger partial charge on any atom is -0.437 e. The number of carbonyl (C=O) groups excluding carboxylic acids is 2. The molecule has 7 heterocycles. The number of nitrogens with two attached hydrogens (primary N) is 2. The molecule has 0 aliphatic carbocycles. The number of anilines is 2. The summed E-state index contributed by atoms with van der Waals surface area (Å²) in [4.78, 5) is 49.4. The maximum Gasteiger partial charge on any atom is 0.478 e. The second-order valence-corrected chi connectivity index (χ2v) is 18.9. The number of carbonyl (C=O) groups is 2. The van der Waals surface area contributed by atoms with E-state index in [1.807, 2.05) is 0 Å². The SMILES string of the molecule is CC(C)(C)C(=O)OCO[P@]1(=O)OC[C@H]2O[C@@H](n3cnc4c(N)ncnc43)[C@H](F)[C@@H]2O[P@](=O)(OCOC(=O)C(C)(C)C)OC[C@H]2O[C@@H](n3cnc4c(N)ncnc43)[C@H](F)[C@@H]2O1. The van der Waals surface area contributed by atoms with E-state index >= 15 is 8.78 Å². The van der Waals surface area contributed by atoms with Crippen molar-refractivity contribution in [2.45, 2.75) is 90.8 Å². The van der Waals surface area contributed by atoms with Crippen molar-refractivity contribution in [1.82, 2.24) is 39.0 Å². The average Bonchev–Trinajstić information content (AvgIpc) is 3.94. The largest absolute Gasteiger partial charge is 0.478 e. The first-order valence-corrected chi connectivity index (χ1v) is 21.0. The molecule has 4 aromatic rings. The number of ether oxygens (including phenoxy) is 4. The smallest absolute Gasteiger partial charge is 0.437 e. The number of esters is 2. The van der Waals surface area contributed by atoms with Gasteiger partial charge in [0.05, 0.1) is 36.7 Å². The minimum atomic E-state index is -5.11. The first-order chi connectivity index (χ1) is 28.2. The summed E-state index contributed by atoms with van der Waals surface area (Å²) in [7, 11) is -10.2. The highest BCUT2D eigenvalue weighted by Crippen LogP contribution is 2.58. The molecule has 328 valence electrons. The van der Waals surface area contributed by atoms with Crippen molar-refractivity contribution in [3.05, 3.63) is 25.3 Å². The summed E-state index contributed by atoms with van der Waals surface area (Å²) < 4.78 is 121. The second-order valence-electron chi connectivity index (χ2n) is 15.7. The van der Waals surface area contributed by atoms with Gasteiger partial charge in [0.2, 0.25) is 13.6 Å². The molecule has 0 unspecified atom stereocenters. The number of nitrogens with zero attached hydrogens (tertiary/aromatic N) is 8. The maximum atomic E-state index is 16.8. The van der Waals surface area contributed by atoms with Crippen molar-refractivity contribution in [2.24, 2.45) is 10.8 Å². The number of alkyl halides is 2. The molecule has 0 radical (unpaired) electrons. The lowest BCUT2D eigenvalue weighted by Gasteiger charge is -2.30. The van der Waals surface area contributed by atoms with Crippen LogP contribution in [0.4, 0.5) is 20.4 Å². The van der Waals surface area contributed by atoms with Gasteiger partial charge in [0, 0.05) is 0 Å². The van der Waals surface area contributed by atoms with Gasteiger partial charge in [0.15, 0.2) is 47.7 Å². The van der Waals surface area contributed by atoms with Crippen molar-refractivity contribution >= 4 is 61.5 Å². The lowest BCUT2D eigenvalue weighted by molar-refractivity contribution is -0.161. The Kier molecular flexibility index (Phi) is 12.0. The van der Waals surface area contributed by atoms with E-state index in [1.165, 1.54) is 0 Å². The molecular formula is C32H42F2N10O14P2. The van der Waals surface area contributed by atoms with Gasteiger partial charge in [-0.2, -0.15) is 0 Å². The number of fused-ring (bicyclic) bond motifs is 4. The predicted octanol–water partition coefficient (Wildman–Crippen LogP) is 3.46. The van der Waals surface area contributed by atoms with E-state index in [0.717, 1.165) is 34.4 Å². The number of phosphoric acid groups is 2. The molecule has 10 atom stereocenters. The topological polar surface area (TPSA) is 300 Å². The predicted molar refractivity (Wildman–Crippen MR) is 197 cm³/mol. The summed E-state index contributed by atoms with van der Waals surface area (Å²) in [6.07, 6.45) is -10.6. The molecule has 3 aliphatic heterocycles. The van der Waals surface area contributed by atoms with Gasteiger partial charge >= 0.3 is 27.6 Å². The highest BCUT2D eigenvalue weighted by atomic mass is 31.2. The van der Waals surface area contributed by atoms with Gasteiger partial charge < -0.3 is 30.4 Å². The third-order valence-corrected chi connectivity index (χ3v) is 12.0. The van der Waals surface area contributed by atoms with Gasteiger partial charge in [-0.15, -0.1) is 0 Å². The summed E-state index contributed by atoms with van der Waals surface area (Å²) in [5, 5.41) is 0. The zero-order valence-corrected chi connectivity index (χ0v) is 34.6. The number of imidazole rings is 2. The summed E-state index contributed by atoms with van der Waals surface area (Å²) in [5.41, 5.74) is 10.1. The van der Waals surface area contributed by atoms with Gasteiger partial charge in [-0.25, -0.2) is 56.9 Å². The van der Waals surface area contributed by atoms with Gasteiger partial charge in [-0.05, 0) is 41.5 Å². The van der Waals surface area contributed by atoms with Crippen LogP contribution in [0.1, 0.15) is 54.0 Å². The molecular weight excluding hydrogens is 848 g/mol. The minimum absolute atomic E-state index is 0.0310. The summed E-state index contributed by atoms with van der Waals surface area (Å²) in [5.74, 6) is -1.60. The van der Waals surface area contributed by atoms with Crippen LogP contribution >= 0.6 is 15.6 Å². The number of hydrogen-bond donors (Lipinski definition) is 2. The first-order valence-electron chi connectivity index (χ1n) is 18.1. The monoisotopic (exact) mass is 890 g/mol. The average molecular weight is 891 g/mol. The lowest BCUT2D eigenvalue weighted by atomic mass is 9.98. The number of rotatable bonds is 8. The maximum absolute atomic E-state index is 16.8. The van der Waals surface area contributed by atoms with E-state index in [9.17, 15) is 18.7 Å². The fourth-order valence-corrected chi connectivity index (χ4v) is 8.53. The van der Waals surface area contributed by atoms with Crippen LogP contribution in [-0.4, -0.2) is 115 Å². The molecule has 0 amide bonds. The van der Waals surface area contributed by atoms with Gasteiger partial charge in [0.25, 0.3) is 0 Å². The Hall–Kier alpha value is -4.36. The molecule has 60 heavy (non-hydrogen) atoms. The van der Waals surface area contributed by atoms with Gasteiger partial charge in [0.1, 0.15) is 48.1 Å². The molecule has 7 rings (SSSR count). The van der Waals surface area contributed by atoms with Crippen molar-refractivity contribution in [2.75, 3.05) is 38.3 Å². The van der Waals surface area contributed by atoms with E-state index < -0.39 is 114 Å².